The summed E-state index contributed by atoms with van der Waals surface area (Å²) in [7, 11) is 0. The van der Waals surface area contributed by atoms with Gasteiger partial charge in [0.15, 0.2) is 5.78 Å². The van der Waals surface area contributed by atoms with Gasteiger partial charge in [0.25, 0.3) is 0 Å². The highest BCUT2D eigenvalue weighted by Crippen LogP contribution is 2.62. The largest absolute Gasteiger partial charge is 0.443 e. The first kappa shape index (κ1) is 14.4. The van der Waals surface area contributed by atoms with E-state index in [9.17, 15) is 4.79 Å². The van der Waals surface area contributed by atoms with Gasteiger partial charge in [-0.25, -0.2) is 0 Å². The maximum Gasteiger partial charge on any atom is 0.155 e. The van der Waals surface area contributed by atoms with E-state index in [4.69, 9.17) is 11.2 Å². The third kappa shape index (κ3) is 1.98. The molecule has 3 fully saturated rings. The van der Waals surface area contributed by atoms with E-state index in [-0.39, 0.29) is 11.5 Å². The summed E-state index contributed by atoms with van der Waals surface area (Å²) < 4.78 is 5.65. The van der Waals surface area contributed by atoms with Crippen molar-refractivity contribution in [2.75, 3.05) is 0 Å². The van der Waals surface area contributed by atoms with Crippen molar-refractivity contribution in [2.24, 2.45) is 29.1 Å². The molecule has 3 saturated carbocycles. The first-order chi connectivity index (χ1) is 10.6. The molecule has 0 aromatic rings. The summed E-state index contributed by atoms with van der Waals surface area (Å²) in [6.07, 6.45) is 19.3. The van der Waals surface area contributed by atoms with E-state index in [1.54, 1.807) is 0 Å². The van der Waals surface area contributed by atoms with Crippen molar-refractivity contribution in [1.29, 1.82) is 0 Å². The minimum absolute atomic E-state index is 0.258. The van der Waals surface area contributed by atoms with Gasteiger partial charge in [-0.15, -0.1) is 0 Å². The summed E-state index contributed by atoms with van der Waals surface area (Å²) in [5.41, 5.74) is 1.75. The molecule has 22 heavy (non-hydrogen) atoms. The number of allylic oxidation sites excluding steroid dienone is 1. The van der Waals surface area contributed by atoms with Crippen molar-refractivity contribution in [3.8, 4) is 12.5 Å². The maximum atomic E-state index is 11.7. The molecular weight excluding hydrogens is 272 g/mol. The molecule has 4 aliphatic carbocycles. The lowest BCUT2D eigenvalue weighted by Gasteiger charge is -2.53. The number of terminal acetylenes is 1. The first-order valence-electron chi connectivity index (χ1n) is 8.98. The van der Waals surface area contributed by atoms with Gasteiger partial charge in [0, 0.05) is 11.8 Å². The molecule has 0 amide bonds. The number of ether oxygens (including phenoxy) is 1. The number of carbonyl (C=O) groups excluding carboxylic acids is 1. The fourth-order valence-corrected chi connectivity index (χ4v) is 6.41. The van der Waals surface area contributed by atoms with Gasteiger partial charge in [-0.1, -0.05) is 18.9 Å². The second-order valence-electron chi connectivity index (χ2n) is 8.15. The molecule has 0 N–H and O–H groups in total. The van der Waals surface area contributed by atoms with Crippen molar-refractivity contribution < 1.29 is 9.53 Å². The standard InChI is InChI=1S/C20H26O2/c1-3-22-19-9-8-18-17-6-4-13-12-14(21)5-7-15(13)16(17)10-11-20(18,19)2/h1,12,15-19H,4-11H2,2H3/t15?,16-,17-,18+,19+,20+/m1/s1. The molecule has 0 aromatic heterocycles. The van der Waals surface area contributed by atoms with Crippen LogP contribution in [-0.4, -0.2) is 11.9 Å². The van der Waals surface area contributed by atoms with Gasteiger partial charge in [-0.05, 0) is 74.7 Å². The zero-order valence-electron chi connectivity index (χ0n) is 13.5. The summed E-state index contributed by atoms with van der Waals surface area (Å²) in [4.78, 5) is 11.7. The summed E-state index contributed by atoms with van der Waals surface area (Å²) in [6, 6.07) is 0. The normalized spacial score (nSPS) is 46.8. The zero-order chi connectivity index (χ0) is 15.3. The molecule has 0 aliphatic heterocycles. The van der Waals surface area contributed by atoms with Crippen molar-refractivity contribution in [2.45, 2.75) is 64.4 Å². The zero-order valence-corrected chi connectivity index (χ0v) is 13.5. The monoisotopic (exact) mass is 298 g/mol. The number of hydrogen-bond donors (Lipinski definition) is 0. The van der Waals surface area contributed by atoms with Crippen molar-refractivity contribution >= 4 is 5.78 Å². The van der Waals surface area contributed by atoms with E-state index < -0.39 is 0 Å². The van der Waals surface area contributed by atoms with E-state index in [1.165, 1.54) is 31.3 Å². The van der Waals surface area contributed by atoms with Crippen LogP contribution in [-0.2, 0) is 9.53 Å². The van der Waals surface area contributed by atoms with Gasteiger partial charge in [0.05, 0.1) is 0 Å². The van der Waals surface area contributed by atoms with Crippen LogP contribution >= 0.6 is 0 Å². The molecule has 6 atom stereocenters. The van der Waals surface area contributed by atoms with Crippen LogP contribution in [0.4, 0.5) is 0 Å². The molecule has 1 unspecified atom stereocenters. The average molecular weight is 298 g/mol. The highest BCUT2D eigenvalue weighted by molar-refractivity contribution is 5.91. The topological polar surface area (TPSA) is 26.3 Å². The van der Waals surface area contributed by atoms with Crippen molar-refractivity contribution in [3.05, 3.63) is 11.6 Å². The Labute approximate surface area is 133 Å². The summed E-state index contributed by atoms with van der Waals surface area (Å²) in [6.45, 7) is 2.42. The lowest BCUT2D eigenvalue weighted by Crippen LogP contribution is -2.47. The predicted molar refractivity (Wildman–Crippen MR) is 85.8 cm³/mol. The first-order valence-corrected chi connectivity index (χ1v) is 8.98. The van der Waals surface area contributed by atoms with Crippen LogP contribution in [0.25, 0.3) is 0 Å². The summed E-state index contributed by atoms with van der Waals surface area (Å²) in [5, 5.41) is 0. The molecule has 4 rings (SSSR count). The Morgan fingerprint density at radius 3 is 2.86 bits per heavy atom. The van der Waals surface area contributed by atoms with Gasteiger partial charge >= 0.3 is 0 Å². The Kier molecular flexibility index (Phi) is 3.36. The highest BCUT2D eigenvalue weighted by Gasteiger charge is 2.57. The van der Waals surface area contributed by atoms with Gasteiger partial charge < -0.3 is 4.74 Å². The average Bonchev–Trinajstić information content (AvgIpc) is 2.84. The molecule has 0 spiro atoms. The smallest absolute Gasteiger partial charge is 0.155 e. The molecule has 4 aliphatic rings. The minimum Gasteiger partial charge on any atom is -0.443 e. The number of rotatable bonds is 1. The van der Waals surface area contributed by atoms with Crippen LogP contribution in [0.15, 0.2) is 11.6 Å². The van der Waals surface area contributed by atoms with Crippen LogP contribution in [0.3, 0.4) is 0 Å². The number of ketones is 1. The Bertz CT molecular complexity index is 555. The Morgan fingerprint density at radius 2 is 2.05 bits per heavy atom. The molecule has 0 radical (unpaired) electrons. The molecular formula is C20H26O2. The lowest BCUT2D eigenvalue weighted by molar-refractivity contribution is -0.116. The third-order valence-electron chi connectivity index (χ3n) is 7.42. The SMILES string of the molecule is C#CO[C@H]1CC[C@H]2[C@@H]3CCC4=CC(=O)CCC4[C@H]3CC[C@]12C. The van der Waals surface area contributed by atoms with Crippen molar-refractivity contribution in [3.63, 3.8) is 0 Å². The Morgan fingerprint density at radius 1 is 1.18 bits per heavy atom. The molecule has 2 heteroatoms. The van der Waals surface area contributed by atoms with Crippen LogP contribution in [0.2, 0.25) is 0 Å². The molecule has 0 saturated heterocycles. The van der Waals surface area contributed by atoms with E-state index in [1.807, 2.05) is 6.08 Å². The van der Waals surface area contributed by atoms with Gasteiger partial charge in [0.1, 0.15) is 12.2 Å². The fourth-order valence-electron chi connectivity index (χ4n) is 6.41. The Hall–Kier alpha value is -1.23. The van der Waals surface area contributed by atoms with E-state index >= 15 is 0 Å². The number of hydrogen-bond acceptors (Lipinski definition) is 2. The van der Waals surface area contributed by atoms with Crippen LogP contribution in [0.5, 0.6) is 0 Å². The fraction of sp³-hybridized carbons (Fsp3) is 0.750. The summed E-state index contributed by atoms with van der Waals surface area (Å²) in [5.74, 6) is 3.43. The molecule has 0 aromatic carbocycles. The lowest BCUT2D eigenvalue weighted by atomic mass is 9.52. The molecule has 118 valence electrons. The molecule has 2 nitrogen and oxygen atoms in total. The predicted octanol–water partition coefficient (Wildman–Crippen LogP) is 4.10. The number of carbonyl (C=O) groups is 1. The third-order valence-corrected chi connectivity index (χ3v) is 7.42. The maximum absolute atomic E-state index is 11.7. The number of fused-ring (bicyclic) bond motifs is 5. The summed E-state index contributed by atoms with van der Waals surface area (Å²) >= 11 is 0. The van der Waals surface area contributed by atoms with E-state index in [0.29, 0.717) is 11.7 Å². The van der Waals surface area contributed by atoms with Crippen LogP contribution in [0, 0.1) is 41.6 Å². The second kappa shape index (κ2) is 5.15. The molecule has 0 heterocycles. The van der Waals surface area contributed by atoms with Crippen LogP contribution in [0.1, 0.15) is 58.3 Å². The van der Waals surface area contributed by atoms with Gasteiger partial charge in [-0.3, -0.25) is 4.79 Å². The minimum atomic E-state index is 0.258. The molecule has 0 bridgehead atoms. The second-order valence-corrected chi connectivity index (χ2v) is 8.15. The van der Waals surface area contributed by atoms with Crippen LogP contribution < -0.4 is 0 Å². The van der Waals surface area contributed by atoms with E-state index in [2.05, 4.69) is 13.0 Å². The van der Waals surface area contributed by atoms with Gasteiger partial charge in [-0.2, -0.15) is 0 Å². The highest BCUT2D eigenvalue weighted by atomic mass is 16.5. The van der Waals surface area contributed by atoms with Gasteiger partial charge in [0.2, 0.25) is 0 Å². The van der Waals surface area contributed by atoms with Crippen molar-refractivity contribution in [1.82, 2.24) is 0 Å². The van der Waals surface area contributed by atoms with E-state index in [0.717, 1.165) is 43.4 Å². The quantitative estimate of drug-likeness (QED) is 0.681. The Balaban J connectivity index is 1.59.